The molecule has 3 fully saturated rings. The number of urea groups is 1. The summed E-state index contributed by atoms with van der Waals surface area (Å²) in [6, 6.07) is 0.326. The Kier molecular flexibility index (Phi) is 4.66. The van der Waals surface area contributed by atoms with Crippen LogP contribution in [0.25, 0.3) is 0 Å². The van der Waals surface area contributed by atoms with E-state index in [1.165, 1.54) is 19.3 Å². The summed E-state index contributed by atoms with van der Waals surface area (Å²) >= 11 is 0. The van der Waals surface area contributed by atoms with E-state index in [1.54, 1.807) is 0 Å². The Morgan fingerprint density at radius 1 is 0.762 bits per heavy atom. The first-order valence-electron chi connectivity index (χ1n) is 8.58. The molecule has 21 heavy (non-hydrogen) atoms. The Morgan fingerprint density at radius 2 is 1.43 bits per heavy atom. The van der Waals surface area contributed by atoms with Gasteiger partial charge in [0.15, 0.2) is 0 Å². The van der Waals surface area contributed by atoms with Gasteiger partial charge in [-0.15, -0.1) is 0 Å². The molecule has 2 aliphatic heterocycles. The monoisotopic (exact) mass is 293 g/mol. The second-order valence-electron chi connectivity index (χ2n) is 6.72. The largest absolute Gasteiger partial charge is 0.342 e. The SMILES string of the molecule is O=C(NC1CCN(C(=O)C2CCCCC2)CC1)N1CCC1. The average Bonchev–Trinajstić information content (AvgIpc) is 2.46. The van der Waals surface area contributed by atoms with E-state index in [0.29, 0.717) is 5.91 Å². The zero-order chi connectivity index (χ0) is 14.7. The third-order valence-corrected chi connectivity index (χ3v) is 5.23. The van der Waals surface area contributed by atoms with Gasteiger partial charge in [0.25, 0.3) is 0 Å². The molecule has 1 saturated carbocycles. The van der Waals surface area contributed by atoms with Gasteiger partial charge in [-0.1, -0.05) is 19.3 Å². The first-order chi connectivity index (χ1) is 10.2. The molecule has 1 N–H and O–H groups in total. The van der Waals surface area contributed by atoms with Crippen molar-refractivity contribution in [3.63, 3.8) is 0 Å². The molecule has 3 amide bonds. The average molecular weight is 293 g/mol. The van der Waals surface area contributed by atoms with Gasteiger partial charge in [-0.25, -0.2) is 4.79 Å². The van der Waals surface area contributed by atoms with Gasteiger partial charge in [0.1, 0.15) is 0 Å². The lowest BCUT2D eigenvalue weighted by Crippen LogP contribution is -2.53. The van der Waals surface area contributed by atoms with E-state index >= 15 is 0 Å². The second kappa shape index (κ2) is 6.67. The quantitative estimate of drug-likeness (QED) is 0.846. The maximum atomic E-state index is 12.5. The minimum Gasteiger partial charge on any atom is -0.342 e. The molecule has 0 bridgehead atoms. The molecule has 0 unspecified atom stereocenters. The molecule has 0 spiro atoms. The summed E-state index contributed by atoms with van der Waals surface area (Å²) in [5.74, 6) is 0.633. The standard InChI is InChI=1S/C16H27N3O2/c20-15(13-5-2-1-3-6-13)18-11-7-14(8-12-18)17-16(21)19-9-4-10-19/h13-14H,1-12H2,(H,17,21). The molecular weight excluding hydrogens is 266 g/mol. The molecule has 5 heteroatoms. The van der Waals surface area contributed by atoms with Crippen LogP contribution < -0.4 is 5.32 Å². The number of nitrogens with one attached hydrogen (secondary N) is 1. The lowest BCUT2D eigenvalue weighted by atomic mass is 9.87. The van der Waals surface area contributed by atoms with Crippen molar-refractivity contribution >= 4 is 11.9 Å². The first kappa shape index (κ1) is 14.7. The molecule has 3 rings (SSSR count). The van der Waals surface area contributed by atoms with Crippen molar-refractivity contribution in [2.24, 2.45) is 5.92 Å². The lowest BCUT2D eigenvalue weighted by Gasteiger charge is -2.37. The highest BCUT2D eigenvalue weighted by Gasteiger charge is 2.30. The first-order valence-corrected chi connectivity index (χ1v) is 8.58. The van der Waals surface area contributed by atoms with E-state index in [-0.39, 0.29) is 18.0 Å². The van der Waals surface area contributed by atoms with Gasteiger partial charge in [0, 0.05) is 38.1 Å². The molecule has 0 aromatic carbocycles. The zero-order valence-electron chi connectivity index (χ0n) is 12.9. The van der Waals surface area contributed by atoms with E-state index < -0.39 is 0 Å². The van der Waals surface area contributed by atoms with Crippen LogP contribution in [0.5, 0.6) is 0 Å². The summed E-state index contributed by atoms with van der Waals surface area (Å²) < 4.78 is 0. The van der Waals surface area contributed by atoms with Gasteiger partial charge >= 0.3 is 6.03 Å². The van der Waals surface area contributed by atoms with Crippen molar-refractivity contribution < 1.29 is 9.59 Å². The van der Waals surface area contributed by atoms with E-state index in [4.69, 9.17) is 0 Å². The summed E-state index contributed by atoms with van der Waals surface area (Å²) in [4.78, 5) is 28.3. The van der Waals surface area contributed by atoms with E-state index in [2.05, 4.69) is 5.32 Å². The van der Waals surface area contributed by atoms with Crippen LogP contribution in [0.2, 0.25) is 0 Å². The fourth-order valence-corrected chi connectivity index (χ4v) is 3.64. The molecule has 5 nitrogen and oxygen atoms in total. The van der Waals surface area contributed by atoms with Crippen molar-refractivity contribution in [3.8, 4) is 0 Å². The highest BCUT2D eigenvalue weighted by Crippen LogP contribution is 2.26. The Bertz CT molecular complexity index is 381. The second-order valence-corrected chi connectivity index (χ2v) is 6.72. The van der Waals surface area contributed by atoms with E-state index in [0.717, 1.165) is 58.3 Å². The molecule has 0 aromatic heterocycles. The highest BCUT2D eigenvalue weighted by atomic mass is 16.2. The normalized spacial score (nSPS) is 24.6. The maximum absolute atomic E-state index is 12.5. The Balaban J connectivity index is 1.41. The minimum atomic E-state index is 0.0818. The summed E-state index contributed by atoms with van der Waals surface area (Å²) in [5, 5.41) is 3.11. The van der Waals surface area contributed by atoms with Crippen molar-refractivity contribution in [2.75, 3.05) is 26.2 Å². The van der Waals surface area contributed by atoms with Gasteiger partial charge in [0.2, 0.25) is 5.91 Å². The number of carbonyl (C=O) groups excluding carboxylic acids is 2. The topological polar surface area (TPSA) is 52.7 Å². The van der Waals surface area contributed by atoms with Crippen LogP contribution in [0.3, 0.4) is 0 Å². The molecule has 2 heterocycles. The smallest absolute Gasteiger partial charge is 0.317 e. The Hall–Kier alpha value is -1.26. The van der Waals surface area contributed by atoms with E-state index in [9.17, 15) is 9.59 Å². The van der Waals surface area contributed by atoms with Gasteiger partial charge < -0.3 is 15.1 Å². The minimum absolute atomic E-state index is 0.0818. The predicted octanol–water partition coefficient (Wildman–Crippen LogP) is 1.97. The molecule has 2 saturated heterocycles. The van der Waals surface area contributed by atoms with Crippen LogP contribution >= 0.6 is 0 Å². The van der Waals surface area contributed by atoms with Crippen LogP contribution in [-0.2, 0) is 4.79 Å². The number of hydrogen-bond donors (Lipinski definition) is 1. The number of hydrogen-bond acceptors (Lipinski definition) is 2. The summed E-state index contributed by atoms with van der Waals surface area (Å²) in [5.41, 5.74) is 0. The number of carbonyl (C=O) groups is 2. The molecule has 118 valence electrons. The fraction of sp³-hybridized carbons (Fsp3) is 0.875. The van der Waals surface area contributed by atoms with E-state index in [1.807, 2.05) is 9.80 Å². The van der Waals surface area contributed by atoms with Crippen molar-refractivity contribution in [3.05, 3.63) is 0 Å². The lowest BCUT2D eigenvalue weighted by molar-refractivity contribution is -0.137. The summed E-state index contributed by atoms with van der Waals surface area (Å²) in [6.07, 6.45) is 8.78. The molecule has 1 aliphatic carbocycles. The van der Waals surface area contributed by atoms with Crippen LogP contribution in [0.4, 0.5) is 4.79 Å². The fourth-order valence-electron chi connectivity index (χ4n) is 3.64. The van der Waals surface area contributed by atoms with Crippen molar-refractivity contribution in [1.82, 2.24) is 15.1 Å². The molecule has 0 radical (unpaired) electrons. The summed E-state index contributed by atoms with van der Waals surface area (Å²) in [6.45, 7) is 3.40. The van der Waals surface area contributed by atoms with Gasteiger partial charge in [-0.2, -0.15) is 0 Å². The van der Waals surface area contributed by atoms with Crippen molar-refractivity contribution in [2.45, 2.75) is 57.4 Å². The van der Waals surface area contributed by atoms with Gasteiger partial charge in [-0.3, -0.25) is 4.79 Å². The van der Waals surface area contributed by atoms with Crippen LogP contribution in [-0.4, -0.2) is 54.0 Å². The van der Waals surface area contributed by atoms with Crippen LogP contribution in [0.1, 0.15) is 51.4 Å². The number of nitrogens with zero attached hydrogens (tertiary/aromatic N) is 2. The zero-order valence-corrected chi connectivity index (χ0v) is 12.9. The molecule has 0 atom stereocenters. The van der Waals surface area contributed by atoms with Gasteiger partial charge in [-0.05, 0) is 32.1 Å². The molecule has 3 aliphatic rings. The number of likely N-dealkylation sites (tertiary alicyclic amines) is 2. The maximum Gasteiger partial charge on any atom is 0.317 e. The Morgan fingerprint density at radius 3 is 2.00 bits per heavy atom. The summed E-state index contributed by atoms with van der Waals surface area (Å²) in [7, 11) is 0. The molecular formula is C16H27N3O2. The number of rotatable bonds is 2. The van der Waals surface area contributed by atoms with Crippen LogP contribution in [0, 0.1) is 5.92 Å². The highest BCUT2D eigenvalue weighted by molar-refractivity contribution is 5.79. The van der Waals surface area contributed by atoms with Gasteiger partial charge in [0.05, 0.1) is 0 Å². The Labute approximate surface area is 127 Å². The molecule has 0 aromatic rings. The third kappa shape index (κ3) is 3.50. The number of amides is 3. The van der Waals surface area contributed by atoms with Crippen molar-refractivity contribution in [1.29, 1.82) is 0 Å². The predicted molar refractivity (Wildman–Crippen MR) is 80.9 cm³/mol. The third-order valence-electron chi connectivity index (χ3n) is 5.23. The number of piperidine rings is 1. The van der Waals surface area contributed by atoms with Crippen LogP contribution in [0.15, 0.2) is 0 Å².